The third kappa shape index (κ3) is 17.8. The fourth-order valence-electron chi connectivity index (χ4n) is 1.12. The van der Waals surface area contributed by atoms with Gasteiger partial charge in [0.25, 0.3) is 11.8 Å². The van der Waals surface area contributed by atoms with Crippen molar-refractivity contribution in [1.82, 2.24) is 5.32 Å². The molecule has 0 aromatic heterocycles. The first-order valence-electron chi connectivity index (χ1n) is 4.80. The van der Waals surface area contributed by atoms with Gasteiger partial charge in [0, 0.05) is 0 Å². The van der Waals surface area contributed by atoms with Gasteiger partial charge in [-0.3, -0.25) is 14.9 Å². The predicted molar refractivity (Wildman–Crippen MR) is 100 cm³/mol. The Hall–Kier alpha value is -0.580. The van der Waals surface area contributed by atoms with Crippen LogP contribution in [0.1, 0.15) is 43.0 Å². The molecule has 0 spiro atoms. The van der Waals surface area contributed by atoms with Crippen LogP contribution in [0.4, 0.5) is 0 Å². The van der Waals surface area contributed by atoms with Crippen molar-refractivity contribution in [1.29, 1.82) is 0 Å². The summed E-state index contributed by atoms with van der Waals surface area (Å²) in [6.07, 6.45) is 0. The normalized spacial score (nSPS) is 11.6. The van der Waals surface area contributed by atoms with E-state index in [9.17, 15) is 9.59 Å². The molecule has 9 nitrogen and oxygen atoms in total. The highest BCUT2D eigenvalue weighted by atomic mass is 32.5. The number of fused-ring (bicyclic) bond motifs is 1. The van der Waals surface area contributed by atoms with Crippen molar-refractivity contribution < 1.29 is 38.9 Å². The lowest BCUT2D eigenvalue weighted by Gasteiger charge is -1.88. The minimum absolute atomic E-state index is 0. The molecule has 24 heavy (non-hydrogen) atoms. The lowest BCUT2D eigenvalue weighted by Crippen LogP contribution is -2.19. The van der Waals surface area contributed by atoms with Crippen LogP contribution in [-0.2, 0) is 23.6 Å². The molecule has 0 unspecified atom stereocenters. The van der Waals surface area contributed by atoms with E-state index in [1.807, 2.05) is 0 Å². The first kappa shape index (κ1) is 31.2. The molecule has 0 saturated carbocycles. The molecular formula is C11H23NO8P2S2. The quantitative estimate of drug-likeness (QED) is 0.235. The van der Waals surface area contributed by atoms with Gasteiger partial charge in [-0.2, -0.15) is 0 Å². The molecule has 0 aliphatic carbocycles. The summed E-state index contributed by atoms with van der Waals surface area (Å²) in [6, 6.07) is 6.74. The maximum atomic E-state index is 10.9. The van der Waals surface area contributed by atoms with Gasteiger partial charge in [-0.1, -0.05) is 34.4 Å². The molecule has 2 rings (SSSR count). The topological polar surface area (TPSA) is 168 Å². The number of amides is 2. The van der Waals surface area contributed by atoms with Crippen LogP contribution in [0.5, 0.6) is 0 Å². The maximum Gasteiger partial charge on any atom is 0.319 e. The molecule has 1 aromatic carbocycles. The van der Waals surface area contributed by atoms with Gasteiger partial charge in [-0.15, -0.1) is 0 Å². The Morgan fingerprint density at radius 3 is 1.12 bits per heavy atom. The van der Waals surface area contributed by atoms with Crippen LogP contribution < -0.4 is 5.32 Å². The van der Waals surface area contributed by atoms with Gasteiger partial charge in [0.1, 0.15) is 0 Å². The number of rotatable bonds is 0. The Morgan fingerprint density at radius 2 is 0.917 bits per heavy atom. The summed E-state index contributed by atoms with van der Waals surface area (Å²) in [6.45, 7) is -7.61. The summed E-state index contributed by atoms with van der Waals surface area (Å²) in [7, 11) is 0. The molecule has 0 bridgehead atoms. The van der Waals surface area contributed by atoms with E-state index in [0.717, 1.165) is 0 Å². The van der Waals surface area contributed by atoms with Gasteiger partial charge in [0.2, 0.25) is 0 Å². The van der Waals surface area contributed by atoms with Gasteiger partial charge in [0.05, 0.1) is 11.1 Å². The Morgan fingerprint density at radius 1 is 0.708 bits per heavy atom. The van der Waals surface area contributed by atoms with Crippen molar-refractivity contribution in [3.05, 3.63) is 35.4 Å². The SMILES string of the molecule is C.C.C.O=C1NC(=O)c2ccccc21.OP(O)(O)=S.OP(O)(O)=S. The summed E-state index contributed by atoms with van der Waals surface area (Å²) in [5.74, 6) is -0.601. The van der Waals surface area contributed by atoms with Crippen LogP contribution in [0.15, 0.2) is 24.3 Å². The average molecular weight is 423 g/mol. The number of hydrogen-bond acceptors (Lipinski definition) is 4. The monoisotopic (exact) mass is 423 g/mol. The van der Waals surface area contributed by atoms with E-state index in [0.29, 0.717) is 11.1 Å². The number of nitrogens with one attached hydrogen (secondary N) is 1. The molecule has 7 N–H and O–H groups in total. The molecule has 2 amide bonds. The number of hydrogen-bond donors (Lipinski definition) is 7. The third-order valence-electron chi connectivity index (χ3n) is 1.64. The number of carbonyl (C=O) groups excluding carboxylic acids is 2. The second-order valence-corrected chi connectivity index (χ2v) is 8.35. The van der Waals surface area contributed by atoms with Crippen molar-refractivity contribution in [3.8, 4) is 0 Å². The van der Waals surface area contributed by atoms with Gasteiger partial charge in [-0.25, -0.2) is 0 Å². The summed E-state index contributed by atoms with van der Waals surface area (Å²) in [5, 5.41) is 2.20. The van der Waals surface area contributed by atoms with Crippen LogP contribution >= 0.6 is 13.4 Å². The standard InChI is InChI=1S/C8H5NO2.3CH4.2H3O3PS/c10-7-5-3-1-2-4-6(5)8(11)9-7;;;;2*1-4(2,3)5/h1-4H,(H,9,10,11);3*1H4;2*(H3,1,2,3,5). The summed E-state index contributed by atoms with van der Waals surface area (Å²) in [5.41, 5.74) is 0.940. The predicted octanol–water partition coefficient (Wildman–Crippen LogP) is 0.854. The van der Waals surface area contributed by atoms with Crippen LogP contribution in [0.3, 0.4) is 0 Å². The van der Waals surface area contributed by atoms with Gasteiger partial charge in [0.15, 0.2) is 0 Å². The van der Waals surface area contributed by atoms with E-state index in [-0.39, 0.29) is 34.1 Å². The third-order valence-corrected chi connectivity index (χ3v) is 1.64. The lowest BCUT2D eigenvalue weighted by atomic mass is 10.1. The molecule has 142 valence electrons. The van der Waals surface area contributed by atoms with E-state index < -0.39 is 13.4 Å². The van der Waals surface area contributed by atoms with E-state index in [1.165, 1.54) is 0 Å². The molecule has 0 fully saturated rings. The van der Waals surface area contributed by atoms with Gasteiger partial charge >= 0.3 is 13.4 Å². The smallest absolute Gasteiger partial charge is 0.319 e. The minimum Gasteiger partial charge on any atom is -0.325 e. The van der Waals surface area contributed by atoms with Gasteiger partial charge < -0.3 is 29.4 Å². The number of carbonyl (C=O) groups is 2. The first-order valence-corrected chi connectivity index (χ1v) is 10.1. The van der Waals surface area contributed by atoms with E-state index >= 15 is 0 Å². The van der Waals surface area contributed by atoms with Crippen LogP contribution in [0.2, 0.25) is 0 Å². The van der Waals surface area contributed by atoms with Crippen LogP contribution in [-0.4, -0.2) is 41.2 Å². The molecule has 0 atom stereocenters. The second-order valence-electron chi connectivity index (χ2n) is 3.36. The Kier molecular flexibility index (Phi) is 16.6. The lowest BCUT2D eigenvalue weighted by molar-refractivity contribution is 0.0879. The van der Waals surface area contributed by atoms with E-state index in [4.69, 9.17) is 29.4 Å². The molecule has 0 radical (unpaired) electrons. The Balaban J connectivity index is -0.000000134. The molecule has 13 heteroatoms. The summed E-state index contributed by atoms with van der Waals surface area (Å²) in [4.78, 5) is 67.2. The highest BCUT2D eigenvalue weighted by Crippen LogP contribution is 2.26. The Bertz CT molecular complexity index is 559. The minimum atomic E-state index is -3.81. The molecule has 0 saturated heterocycles. The fraction of sp³-hybridized carbons (Fsp3) is 0.273. The molecule has 1 heterocycles. The zero-order valence-electron chi connectivity index (χ0n) is 10.0. The first-order chi connectivity index (χ1) is 9.29. The molecule has 1 aliphatic rings. The maximum absolute atomic E-state index is 10.9. The number of benzene rings is 1. The summed E-state index contributed by atoms with van der Waals surface area (Å²) < 4.78 is 0. The van der Waals surface area contributed by atoms with E-state index in [1.54, 1.807) is 24.3 Å². The number of imide groups is 1. The zero-order valence-corrected chi connectivity index (χ0v) is 13.4. The van der Waals surface area contributed by atoms with Crippen molar-refractivity contribution in [3.63, 3.8) is 0 Å². The van der Waals surface area contributed by atoms with E-state index in [2.05, 4.69) is 28.9 Å². The van der Waals surface area contributed by atoms with Gasteiger partial charge in [-0.05, 0) is 35.7 Å². The Labute approximate surface area is 151 Å². The second kappa shape index (κ2) is 12.7. The largest absolute Gasteiger partial charge is 0.325 e. The highest BCUT2D eigenvalue weighted by molar-refractivity contribution is 8.06. The van der Waals surface area contributed by atoms with Crippen molar-refractivity contribution in [2.45, 2.75) is 22.3 Å². The van der Waals surface area contributed by atoms with Crippen molar-refractivity contribution in [2.75, 3.05) is 0 Å². The highest BCUT2D eigenvalue weighted by Gasteiger charge is 2.25. The zero-order chi connectivity index (χ0) is 16.8. The molecule has 1 aliphatic heterocycles. The summed E-state index contributed by atoms with van der Waals surface area (Å²) >= 11 is 7.21. The molecular weight excluding hydrogens is 400 g/mol. The fourth-order valence-corrected chi connectivity index (χ4v) is 1.12. The van der Waals surface area contributed by atoms with Crippen LogP contribution in [0, 0.1) is 0 Å². The molecule has 1 aromatic rings. The van der Waals surface area contributed by atoms with Crippen molar-refractivity contribution in [2.24, 2.45) is 0 Å². The average Bonchev–Trinajstić information content (AvgIpc) is 2.51. The van der Waals surface area contributed by atoms with Crippen molar-refractivity contribution >= 4 is 48.9 Å². The van der Waals surface area contributed by atoms with Crippen LogP contribution in [0.25, 0.3) is 0 Å².